The molecule has 38 heavy (non-hydrogen) atoms. The standard InChI is InChI=1S/C31H28FN3O3/c1-37-26-10-5-9-24(17-26)27(18-30(36)33-19-22-12-14-25(32)15-13-22)28-20-34-31-29(11-6-16-35(28)31)38-21-23-7-3-2-4-8-23/h2-17,20,27H,18-19,21H2,1H3,(H,33,36). The summed E-state index contributed by atoms with van der Waals surface area (Å²) in [5, 5.41) is 2.96. The van der Waals surface area contributed by atoms with Crippen LogP contribution in [0.25, 0.3) is 5.65 Å². The zero-order chi connectivity index (χ0) is 26.3. The molecule has 0 bridgehead atoms. The summed E-state index contributed by atoms with van der Waals surface area (Å²) in [6, 6.07) is 27.6. The first-order valence-corrected chi connectivity index (χ1v) is 12.4. The number of methoxy groups -OCH3 is 1. The number of fused-ring (bicyclic) bond motifs is 1. The maximum Gasteiger partial charge on any atom is 0.221 e. The third kappa shape index (κ3) is 5.83. The SMILES string of the molecule is COc1cccc(C(CC(=O)NCc2ccc(F)cc2)c2cnc3c(OCc4ccccc4)cccn23)c1. The number of nitrogens with one attached hydrogen (secondary N) is 1. The molecule has 0 saturated carbocycles. The fourth-order valence-corrected chi connectivity index (χ4v) is 4.42. The number of rotatable bonds is 10. The van der Waals surface area contributed by atoms with E-state index in [1.165, 1.54) is 12.1 Å². The lowest BCUT2D eigenvalue weighted by Gasteiger charge is -2.18. The second-order valence-corrected chi connectivity index (χ2v) is 8.96. The Kier molecular flexibility index (Phi) is 7.64. The van der Waals surface area contributed by atoms with Gasteiger partial charge in [-0.15, -0.1) is 0 Å². The molecule has 0 saturated heterocycles. The molecule has 0 radical (unpaired) electrons. The van der Waals surface area contributed by atoms with E-state index in [1.54, 1.807) is 25.4 Å². The zero-order valence-corrected chi connectivity index (χ0v) is 21.0. The molecule has 5 rings (SSSR count). The zero-order valence-electron chi connectivity index (χ0n) is 21.0. The van der Waals surface area contributed by atoms with Crippen LogP contribution in [0.5, 0.6) is 11.5 Å². The summed E-state index contributed by atoms with van der Waals surface area (Å²) in [6.07, 6.45) is 3.91. The molecule has 0 aliphatic carbocycles. The highest BCUT2D eigenvalue weighted by atomic mass is 19.1. The molecule has 192 valence electrons. The van der Waals surface area contributed by atoms with Crippen LogP contribution >= 0.6 is 0 Å². The summed E-state index contributed by atoms with van der Waals surface area (Å²) in [7, 11) is 1.62. The van der Waals surface area contributed by atoms with Crippen molar-refractivity contribution < 1.29 is 18.7 Å². The number of pyridine rings is 1. The highest BCUT2D eigenvalue weighted by Crippen LogP contribution is 2.32. The summed E-state index contributed by atoms with van der Waals surface area (Å²) in [5.74, 6) is 0.636. The first kappa shape index (κ1) is 25.0. The number of imidazole rings is 1. The van der Waals surface area contributed by atoms with Gasteiger partial charge in [0.15, 0.2) is 11.4 Å². The molecule has 1 amide bonds. The fourth-order valence-electron chi connectivity index (χ4n) is 4.42. The minimum absolute atomic E-state index is 0.131. The average Bonchev–Trinajstić information content (AvgIpc) is 3.39. The Hall–Kier alpha value is -4.65. The van der Waals surface area contributed by atoms with Crippen molar-refractivity contribution >= 4 is 11.6 Å². The Morgan fingerprint density at radius 1 is 0.974 bits per heavy atom. The third-order valence-electron chi connectivity index (χ3n) is 6.41. The second kappa shape index (κ2) is 11.6. The fraction of sp³-hybridized carbons (Fsp3) is 0.161. The summed E-state index contributed by atoms with van der Waals surface area (Å²) >= 11 is 0. The molecular weight excluding hydrogens is 481 g/mol. The molecule has 7 heteroatoms. The van der Waals surface area contributed by atoms with E-state index in [9.17, 15) is 9.18 Å². The Labute approximate surface area is 220 Å². The molecule has 2 aromatic heterocycles. The third-order valence-corrected chi connectivity index (χ3v) is 6.41. The van der Waals surface area contributed by atoms with Gasteiger partial charge in [0.25, 0.3) is 0 Å². The molecule has 1 unspecified atom stereocenters. The summed E-state index contributed by atoms with van der Waals surface area (Å²) < 4.78 is 26.8. The van der Waals surface area contributed by atoms with Crippen LogP contribution in [0, 0.1) is 5.82 Å². The van der Waals surface area contributed by atoms with Crippen molar-refractivity contribution in [2.45, 2.75) is 25.5 Å². The first-order valence-electron chi connectivity index (χ1n) is 12.4. The molecule has 1 atom stereocenters. The van der Waals surface area contributed by atoms with E-state index >= 15 is 0 Å². The van der Waals surface area contributed by atoms with Crippen LogP contribution in [-0.2, 0) is 17.9 Å². The molecule has 1 N–H and O–H groups in total. The van der Waals surface area contributed by atoms with Gasteiger partial charge in [-0.2, -0.15) is 0 Å². The van der Waals surface area contributed by atoms with Crippen LogP contribution in [0.2, 0.25) is 0 Å². The Bertz CT molecular complexity index is 1520. The number of hydrogen-bond donors (Lipinski definition) is 1. The van der Waals surface area contributed by atoms with Gasteiger partial charge in [-0.05, 0) is 53.1 Å². The lowest BCUT2D eigenvalue weighted by Crippen LogP contribution is -2.25. The van der Waals surface area contributed by atoms with Crippen LogP contribution in [0.1, 0.15) is 34.7 Å². The molecule has 0 aliphatic rings. The topological polar surface area (TPSA) is 64.9 Å². The molecule has 0 aliphatic heterocycles. The van der Waals surface area contributed by atoms with E-state index in [0.29, 0.717) is 30.3 Å². The van der Waals surface area contributed by atoms with Gasteiger partial charge in [-0.3, -0.25) is 4.79 Å². The monoisotopic (exact) mass is 509 g/mol. The highest BCUT2D eigenvalue weighted by Gasteiger charge is 2.23. The Balaban J connectivity index is 1.42. The summed E-state index contributed by atoms with van der Waals surface area (Å²) in [5.41, 5.74) is 4.35. The number of benzene rings is 3. The van der Waals surface area contributed by atoms with Gasteiger partial charge < -0.3 is 19.2 Å². The van der Waals surface area contributed by atoms with Gasteiger partial charge in [0.2, 0.25) is 5.91 Å². The second-order valence-electron chi connectivity index (χ2n) is 8.96. The molecule has 0 fully saturated rings. The molecular formula is C31H28FN3O3. The number of hydrogen-bond acceptors (Lipinski definition) is 4. The van der Waals surface area contributed by atoms with Crippen molar-refractivity contribution in [2.75, 3.05) is 7.11 Å². The van der Waals surface area contributed by atoms with Crippen LogP contribution in [-0.4, -0.2) is 22.4 Å². The lowest BCUT2D eigenvalue weighted by atomic mass is 9.92. The molecule has 3 aromatic carbocycles. The van der Waals surface area contributed by atoms with Crippen molar-refractivity contribution in [1.29, 1.82) is 0 Å². The minimum Gasteiger partial charge on any atom is -0.497 e. The van der Waals surface area contributed by atoms with Gasteiger partial charge >= 0.3 is 0 Å². The quantitative estimate of drug-likeness (QED) is 0.255. The predicted molar refractivity (Wildman–Crippen MR) is 144 cm³/mol. The first-order chi connectivity index (χ1) is 18.6. The van der Waals surface area contributed by atoms with Crippen molar-refractivity contribution in [2.24, 2.45) is 0 Å². The van der Waals surface area contributed by atoms with Crippen molar-refractivity contribution in [3.63, 3.8) is 0 Å². The van der Waals surface area contributed by atoms with E-state index in [1.807, 2.05) is 77.3 Å². The van der Waals surface area contributed by atoms with Crippen LogP contribution in [0.3, 0.4) is 0 Å². The van der Waals surface area contributed by atoms with Gasteiger partial charge in [-0.1, -0.05) is 54.6 Å². The molecule has 2 heterocycles. The number of ether oxygens (including phenoxy) is 2. The molecule has 0 spiro atoms. The Morgan fingerprint density at radius 2 is 1.79 bits per heavy atom. The van der Waals surface area contributed by atoms with Gasteiger partial charge in [0.05, 0.1) is 12.8 Å². The van der Waals surface area contributed by atoms with Crippen molar-refractivity contribution in [3.8, 4) is 11.5 Å². The number of carbonyl (C=O) groups excluding carboxylic acids is 1. The van der Waals surface area contributed by atoms with Crippen LogP contribution in [0.4, 0.5) is 4.39 Å². The molecule has 6 nitrogen and oxygen atoms in total. The largest absolute Gasteiger partial charge is 0.497 e. The van der Waals surface area contributed by atoms with Crippen LogP contribution < -0.4 is 14.8 Å². The van der Waals surface area contributed by atoms with Crippen molar-refractivity contribution in [3.05, 3.63) is 132 Å². The van der Waals surface area contributed by atoms with E-state index in [4.69, 9.17) is 9.47 Å². The van der Waals surface area contributed by atoms with Crippen molar-refractivity contribution in [1.82, 2.24) is 14.7 Å². The normalized spacial score (nSPS) is 11.7. The van der Waals surface area contributed by atoms with Gasteiger partial charge in [0.1, 0.15) is 18.2 Å². The molecule has 5 aromatic rings. The number of aromatic nitrogens is 2. The van der Waals surface area contributed by atoms with Gasteiger partial charge in [-0.25, -0.2) is 9.37 Å². The van der Waals surface area contributed by atoms with E-state index in [0.717, 1.165) is 22.4 Å². The van der Waals surface area contributed by atoms with E-state index < -0.39 is 0 Å². The van der Waals surface area contributed by atoms with E-state index in [-0.39, 0.29) is 24.1 Å². The minimum atomic E-state index is -0.308. The number of carbonyl (C=O) groups is 1. The summed E-state index contributed by atoms with van der Waals surface area (Å²) in [6.45, 7) is 0.738. The Morgan fingerprint density at radius 3 is 2.58 bits per heavy atom. The predicted octanol–water partition coefficient (Wildman–Crippen LogP) is 5.90. The van der Waals surface area contributed by atoms with E-state index in [2.05, 4.69) is 10.3 Å². The average molecular weight is 510 g/mol. The van der Waals surface area contributed by atoms with Gasteiger partial charge in [0, 0.05) is 31.3 Å². The number of halogens is 1. The van der Waals surface area contributed by atoms with Crippen LogP contribution in [0.15, 0.2) is 103 Å². The summed E-state index contributed by atoms with van der Waals surface area (Å²) in [4.78, 5) is 17.8. The maximum atomic E-state index is 13.2. The smallest absolute Gasteiger partial charge is 0.221 e. The lowest BCUT2D eigenvalue weighted by molar-refractivity contribution is -0.121. The number of amides is 1. The highest BCUT2D eigenvalue weighted by molar-refractivity contribution is 5.77. The maximum absolute atomic E-state index is 13.2. The number of nitrogens with zero attached hydrogens (tertiary/aromatic N) is 2.